The summed E-state index contributed by atoms with van der Waals surface area (Å²) in [5.74, 6) is 0.995. The number of nitrogens with zero attached hydrogens (tertiary/aromatic N) is 1. The molecule has 4 heteroatoms. The molecule has 0 heterocycles. The van der Waals surface area contributed by atoms with Gasteiger partial charge in [0, 0.05) is 6.04 Å². The average molecular weight is 213 g/mol. The molecule has 3 unspecified atom stereocenters. The molecule has 0 amide bonds. The summed E-state index contributed by atoms with van der Waals surface area (Å²) in [6.45, 7) is 4.32. The molecule has 88 valence electrons. The minimum absolute atomic E-state index is 0.0144. The Kier molecular flexibility index (Phi) is 4.88. The second-order valence-electron chi connectivity index (χ2n) is 4.52. The van der Waals surface area contributed by atoms with Crippen LogP contribution in [0.3, 0.4) is 0 Å². The van der Waals surface area contributed by atoms with Crippen LogP contribution in [0, 0.1) is 5.92 Å². The Labute approximate surface area is 91.9 Å². The van der Waals surface area contributed by atoms with E-state index in [1.165, 1.54) is 25.7 Å². The lowest BCUT2D eigenvalue weighted by Gasteiger charge is -2.32. The van der Waals surface area contributed by atoms with E-state index in [2.05, 4.69) is 17.4 Å². The monoisotopic (exact) mass is 213 g/mol. The van der Waals surface area contributed by atoms with Crippen LogP contribution >= 0.6 is 0 Å². The molecule has 1 aliphatic carbocycles. The first-order valence-electron chi connectivity index (χ1n) is 5.92. The van der Waals surface area contributed by atoms with Crippen LogP contribution < -0.4 is 11.1 Å². The molecule has 1 saturated carbocycles. The highest BCUT2D eigenvalue weighted by Crippen LogP contribution is 2.24. The van der Waals surface area contributed by atoms with E-state index in [1.807, 2.05) is 6.92 Å². The minimum atomic E-state index is 0.0144. The number of rotatable bonds is 4. The van der Waals surface area contributed by atoms with Crippen molar-refractivity contribution in [3.05, 3.63) is 0 Å². The Morgan fingerprint density at radius 3 is 2.73 bits per heavy atom. The van der Waals surface area contributed by atoms with Crippen molar-refractivity contribution in [1.82, 2.24) is 5.32 Å². The number of hydrogen-bond acceptors (Lipinski definition) is 3. The molecule has 15 heavy (non-hydrogen) atoms. The quantitative estimate of drug-likeness (QED) is 0.288. The molecule has 1 rings (SSSR count). The van der Waals surface area contributed by atoms with Crippen molar-refractivity contribution in [2.75, 3.05) is 0 Å². The fraction of sp³-hybridized carbons (Fsp3) is 0.909. The number of amidine groups is 1. The van der Waals surface area contributed by atoms with E-state index in [4.69, 9.17) is 10.9 Å². The molecule has 4 N–H and O–H groups in total. The predicted molar refractivity (Wildman–Crippen MR) is 62.0 cm³/mol. The van der Waals surface area contributed by atoms with Crippen molar-refractivity contribution in [3.63, 3.8) is 0 Å². The van der Waals surface area contributed by atoms with E-state index in [-0.39, 0.29) is 6.04 Å². The van der Waals surface area contributed by atoms with Crippen molar-refractivity contribution in [2.45, 2.75) is 58.0 Å². The summed E-state index contributed by atoms with van der Waals surface area (Å²) in [5, 5.41) is 15.2. The van der Waals surface area contributed by atoms with Crippen LogP contribution in [-0.4, -0.2) is 23.1 Å². The maximum Gasteiger partial charge on any atom is 0.156 e. The smallest absolute Gasteiger partial charge is 0.156 e. The van der Waals surface area contributed by atoms with E-state index in [1.54, 1.807) is 0 Å². The molecule has 4 nitrogen and oxygen atoms in total. The molecule has 0 bridgehead atoms. The summed E-state index contributed by atoms with van der Waals surface area (Å²) in [6.07, 6.45) is 5.97. The lowest BCUT2D eigenvalue weighted by Crippen LogP contribution is -2.49. The highest BCUT2D eigenvalue weighted by molar-refractivity contribution is 5.85. The average Bonchev–Trinajstić information content (AvgIpc) is 2.27. The van der Waals surface area contributed by atoms with Gasteiger partial charge in [0.1, 0.15) is 0 Å². The molecule has 0 aliphatic heterocycles. The molecule has 0 aromatic heterocycles. The minimum Gasteiger partial charge on any atom is -0.409 e. The Morgan fingerprint density at radius 1 is 1.53 bits per heavy atom. The molecule has 0 radical (unpaired) electrons. The Bertz CT molecular complexity index is 218. The highest BCUT2D eigenvalue weighted by Gasteiger charge is 2.24. The topological polar surface area (TPSA) is 70.6 Å². The first-order valence-corrected chi connectivity index (χ1v) is 5.92. The van der Waals surface area contributed by atoms with Gasteiger partial charge in [-0.1, -0.05) is 31.8 Å². The van der Waals surface area contributed by atoms with Gasteiger partial charge in [-0.25, -0.2) is 0 Å². The second-order valence-corrected chi connectivity index (χ2v) is 4.52. The summed E-state index contributed by atoms with van der Waals surface area (Å²) in [6, 6.07) is 0.532. The van der Waals surface area contributed by atoms with Gasteiger partial charge < -0.3 is 16.3 Å². The molecule has 0 spiro atoms. The number of oxime groups is 1. The van der Waals surface area contributed by atoms with Crippen molar-refractivity contribution >= 4 is 5.84 Å². The van der Waals surface area contributed by atoms with Crippen LogP contribution in [0.25, 0.3) is 0 Å². The Balaban J connectivity index is 2.50. The summed E-state index contributed by atoms with van der Waals surface area (Å²) >= 11 is 0. The van der Waals surface area contributed by atoms with Crippen molar-refractivity contribution in [3.8, 4) is 0 Å². The molecule has 1 aliphatic rings. The SMILES string of the molecule is CCC(NC1CCCCC1C)C(N)=NO. The summed E-state index contributed by atoms with van der Waals surface area (Å²) in [7, 11) is 0. The summed E-state index contributed by atoms with van der Waals surface area (Å²) in [5.41, 5.74) is 5.63. The third kappa shape index (κ3) is 3.38. The van der Waals surface area contributed by atoms with Crippen LogP contribution in [-0.2, 0) is 0 Å². The summed E-state index contributed by atoms with van der Waals surface area (Å²) < 4.78 is 0. The standard InChI is InChI=1S/C11H23N3O/c1-3-9(11(12)14-15)13-10-7-5-4-6-8(10)2/h8-10,13,15H,3-7H2,1-2H3,(H2,12,14). The lowest BCUT2D eigenvalue weighted by atomic mass is 9.85. The summed E-state index contributed by atoms with van der Waals surface area (Å²) in [4.78, 5) is 0. The van der Waals surface area contributed by atoms with Crippen LogP contribution in [0.4, 0.5) is 0 Å². The van der Waals surface area contributed by atoms with Crippen molar-refractivity contribution in [1.29, 1.82) is 0 Å². The predicted octanol–water partition coefficient (Wildman–Crippen LogP) is 1.68. The van der Waals surface area contributed by atoms with E-state index >= 15 is 0 Å². The van der Waals surface area contributed by atoms with Gasteiger partial charge in [-0.2, -0.15) is 0 Å². The first-order chi connectivity index (χ1) is 7.19. The van der Waals surface area contributed by atoms with E-state index < -0.39 is 0 Å². The molecule has 0 aromatic rings. The Morgan fingerprint density at radius 2 is 2.20 bits per heavy atom. The van der Waals surface area contributed by atoms with Crippen LogP contribution in [0.1, 0.15) is 46.0 Å². The maximum atomic E-state index is 8.65. The molecular weight excluding hydrogens is 190 g/mol. The van der Waals surface area contributed by atoms with Gasteiger partial charge in [-0.05, 0) is 25.2 Å². The normalized spacial score (nSPS) is 30.1. The zero-order chi connectivity index (χ0) is 11.3. The van der Waals surface area contributed by atoms with E-state index in [0.29, 0.717) is 17.8 Å². The third-order valence-electron chi connectivity index (χ3n) is 3.41. The molecule has 0 saturated heterocycles. The van der Waals surface area contributed by atoms with E-state index in [9.17, 15) is 0 Å². The fourth-order valence-electron chi connectivity index (χ4n) is 2.30. The number of nitrogens with two attached hydrogens (primary N) is 1. The van der Waals surface area contributed by atoms with E-state index in [0.717, 1.165) is 6.42 Å². The van der Waals surface area contributed by atoms with Crippen LogP contribution in [0.5, 0.6) is 0 Å². The number of hydrogen-bond donors (Lipinski definition) is 3. The van der Waals surface area contributed by atoms with Gasteiger partial charge in [-0.15, -0.1) is 0 Å². The van der Waals surface area contributed by atoms with Gasteiger partial charge in [0.05, 0.1) is 6.04 Å². The first kappa shape index (κ1) is 12.3. The molecule has 0 aromatic carbocycles. The second kappa shape index (κ2) is 5.95. The van der Waals surface area contributed by atoms with Crippen LogP contribution in [0.15, 0.2) is 5.16 Å². The lowest BCUT2D eigenvalue weighted by molar-refractivity contribution is 0.266. The molecule has 1 fully saturated rings. The molecular formula is C11H23N3O. The highest BCUT2D eigenvalue weighted by atomic mass is 16.4. The molecule has 3 atom stereocenters. The van der Waals surface area contributed by atoms with Gasteiger partial charge in [0.15, 0.2) is 5.84 Å². The Hall–Kier alpha value is -0.770. The zero-order valence-corrected chi connectivity index (χ0v) is 9.74. The van der Waals surface area contributed by atoms with Crippen molar-refractivity contribution in [2.24, 2.45) is 16.8 Å². The van der Waals surface area contributed by atoms with Gasteiger partial charge in [0.25, 0.3) is 0 Å². The van der Waals surface area contributed by atoms with Crippen LogP contribution in [0.2, 0.25) is 0 Å². The fourth-order valence-corrected chi connectivity index (χ4v) is 2.30. The van der Waals surface area contributed by atoms with Gasteiger partial charge in [0.2, 0.25) is 0 Å². The van der Waals surface area contributed by atoms with Gasteiger partial charge >= 0.3 is 0 Å². The van der Waals surface area contributed by atoms with Gasteiger partial charge in [-0.3, -0.25) is 0 Å². The maximum absolute atomic E-state index is 8.65. The van der Waals surface area contributed by atoms with Crippen molar-refractivity contribution < 1.29 is 5.21 Å². The largest absolute Gasteiger partial charge is 0.409 e. The number of nitrogens with one attached hydrogen (secondary N) is 1. The zero-order valence-electron chi connectivity index (χ0n) is 9.74. The third-order valence-corrected chi connectivity index (χ3v) is 3.41.